The lowest BCUT2D eigenvalue weighted by atomic mass is 10.0. The van der Waals surface area contributed by atoms with Crippen molar-refractivity contribution in [2.75, 3.05) is 11.9 Å². The monoisotopic (exact) mass is 354 g/mol. The van der Waals surface area contributed by atoms with Crippen LogP contribution in [0.4, 0.5) is 14.7 Å². The van der Waals surface area contributed by atoms with Crippen molar-refractivity contribution in [1.82, 2.24) is 14.8 Å². The topological polar surface area (TPSA) is 52.0 Å². The first-order chi connectivity index (χ1) is 12.7. The van der Waals surface area contributed by atoms with Crippen LogP contribution >= 0.6 is 0 Å². The van der Waals surface area contributed by atoms with E-state index in [2.05, 4.69) is 15.4 Å². The summed E-state index contributed by atoms with van der Waals surface area (Å²) in [6, 6.07) is 11.3. The average Bonchev–Trinajstić information content (AvgIpc) is 3.13. The predicted octanol–water partition coefficient (Wildman–Crippen LogP) is 4.01. The second-order valence-electron chi connectivity index (χ2n) is 5.81. The summed E-state index contributed by atoms with van der Waals surface area (Å²) in [7, 11) is 0. The summed E-state index contributed by atoms with van der Waals surface area (Å²) in [5, 5.41) is 7.37. The number of fused-ring (bicyclic) bond motifs is 1. The lowest BCUT2D eigenvalue weighted by Crippen LogP contribution is -2.20. The van der Waals surface area contributed by atoms with Gasteiger partial charge < -0.3 is 10.1 Å². The molecule has 4 rings (SSSR count). The van der Waals surface area contributed by atoms with Gasteiger partial charge in [0.25, 0.3) is 0 Å². The Labute approximate surface area is 148 Å². The van der Waals surface area contributed by atoms with Crippen molar-refractivity contribution < 1.29 is 13.5 Å². The van der Waals surface area contributed by atoms with Crippen molar-refractivity contribution in [3.63, 3.8) is 0 Å². The Morgan fingerprint density at radius 3 is 2.65 bits per heavy atom. The largest absolute Gasteiger partial charge is 0.494 e. The maximum Gasteiger partial charge on any atom is 0.226 e. The van der Waals surface area contributed by atoms with Gasteiger partial charge in [-0.15, -0.1) is 0 Å². The zero-order valence-electron chi connectivity index (χ0n) is 14.0. The molecule has 0 amide bonds. The summed E-state index contributed by atoms with van der Waals surface area (Å²) >= 11 is 0. The van der Waals surface area contributed by atoms with Crippen molar-refractivity contribution in [2.45, 2.75) is 13.0 Å². The molecule has 1 aliphatic heterocycles. The van der Waals surface area contributed by atoms with Crippen LogP contribution in [0.25, 0.3) is 5.70 Å². The van der Waals surface area contributed by atoms with Crippen molar-refractivity contribution in [2.24, 2.45) is 0 Å². The second kappa shape index (κ2) is 6.59. The van der Waals surface area contributed by atoms with E-state index in [4.69, 9.17) is 4.74 Å². The fourth-order valence-corrected chi connectivity index (χ4v) is 2.93. The highest BCUT2D eigenvalue weighted by atomic mass is 19.2. The van der Waals surface area contributed by atoms with Gasteiger partial charge in [0.1, 0.15) is 18.1 Å². The average molecular weight is 354 g/mol. The normalized spacial score (nSPS) is 15.8. The van der Waals surface area contributed by atoms with Crippen LogP contribution in [0.1, 0.15) is 24.1 Å². The third-order valence-electron chi connectivity index (χ3n) is 4.17. The molecule has 1 aliphatic rings. The summed E-state index contributed by atoms with van der Waals surface area (Å²) in [4.78, 5) is 4.20. The molecule has 132 valence electrons. The molecule has 0 unspecified atom stereocenters. The number of aromatic nitrogens is 3. The van der Waals surface area contributed by atoms with E-state index < -0.39 is 11.6 Å². The zero-order valence-corrected chi connectivity index (χ0v) is 14.0. The quantitative estimate of drug-likeness (QED) is 0.769. The van der Waals surface area contributed by atoms with Crippen LogP contribution in [0.15, 0.2) is 54.9 Å². The van der Waals surface area contributed by atoms with Crippen molar-refractivity contribution in [1.29, 1.82) is 0 Å². The van der Waals surface area contributed by atoms with E-state index >= 15 is 0 Å². The molecule has 0 bridgehead atoms. The molecule has 3 aromatic rings. The Morgan fingerprint density at radius 1 is 1.12 bits per heavy atom. The minimum Gasteiger partial charge on any atom is -0.494 e. The molecule has 7 heteroatoms. The molecule has 2 heterocycles. The number of benzene rings is 2. The number of hydrogen-bond acceptors (Lipinski definition) is 4. The molecule has 1 N–H and O–H groups in total. The van der Waals surface area contributed by atoms with Gasteiger partial charge in [-0.2, -0.15) is 10.1 Å². The number of allylic oxidation sites excluding steroid dienone is 1. The number of anilines is 1. The fourth-order valence-electron chi connectivity index (χ4n) is 2.93. The Bertz CT molecular complexity index is 966. The molecule has 0 saturated carbocycles. The lowest BCUT2D eigenvalue weighted by molar-refractivity contribution is 0.340. The first kappa shape index (κ1) is 16.3. The molecule has 1 atom stereocenters. The number of rotatable bonds is 4. The van der Waals surface area contributed by atoms with Crippen molar-refractivity contribution in [3.8, 4) is 5.75 Å². The zero-order chi connectivity index (χ0) is 18.1. The van der Waals surface area contributed by atoms with Gasteiger partial charge in [-0.25, -0.2) is 13.5 Å². The first-order valence-electron chi connectivity index (χ1n) is 8.22. The molecule has 0 fully saturated rings. The summed E-state index contributed by atoms with van der Waals surface area (Å²) in [5.41, 5.74) is 2.15. The summed E-state index contributed by atoms with van der Waals surface area (Å²) in [6.07, 6.45) is 3.36. The minimum absolute atomic E-state index is 0.229. The summed E-state index contributed by atoms with van der Waals surface area (Å²) in [6.45, 7) is 2.53. The molecule has 0 radical (unpaired) electrons. The Balaban J connectivity index is 1.74. The molecule has 5 nitrogen and oxygen atoms in total. The molecule has 0 saturated heterocycles. The Hall–Kier alpha value is -3.22. The highest BCUT2D eigenvalue weighted by Gasteiger charge is 2.23. The maximum atomic E-state index is 13.6. The highest BCUT2D eigenvalue weighted by Crippen LogP contribution is 2.32. The summed E-state index contributed by atoms with van der Waals surface area (Å²) < 4.78 is 34.1. The molecular weight excluding hydrogens is 338 g/mol. The number of nitrogens with one attached hydrogen (secondary N) is 1. The van der Waals surface area contributed by atoms with E-state index in [9.17, 15) is 8.78 Å². The third-order valence-corrected chi connectivity index (χ3v) is 4.17. The third kappa shape index (κ3) is 2.92. The van der Waals surface area contributed by atoms with Crippen LogP contribution in [0.5, 0.6) is 5.75 Å². The van der Waals surface area contributed by atoms with E-state index in [0.29, 0.717) is 23.8 Å². The van der Waals surface area contributed by atoms with Crippen LogP contribution in [-0.2, 0) is 0 Å². The molecule has 0 spiro atoms. The van der Waals surface area contributed by atoms with Crippen LogP contribution in [-0.4, -0.2) is 21.4 Å². The minimum atomic E-state index is -0.894. The van der Waals surface area contributed by atoms with E-state index in [-0.39, 0.29) is 6.04 Å². The van der Waals surface area contributed by atoms with Gasteiger partial charge in [0.05, 0.1) is 6.61 Å². The van der Waals surface area contributed by atoms with Gasteiger partial charge in [-0.1, -0.05) is 12.1 Å². The van der Waals surface area contributed by atoms with Gasteiger partial charge in [-0.3, -0.25) is 0 Å². The van der Waals surface area contributed by atoms with Crippen LogP contribution in [0.2, 0.25) is 0 Å². The second-order valence-corrected chi connectivity index (χ2v) is 5.81. The highest BCUT2D eigenvalue weighted by molar-refractivity contribution is 5.77. The standard InChI is InChI=1S/C19H16F2N4O/c1-2-26-14-6-3-12(4-7-14)18-10-17(24-19-22-11-23-25(18)19)13-5-8-15(20)16(21)9-13/h3-11,18H,2H2,1H3,(H,22,23,24)/t18-/m1/s1. The predicted molar refractivity (Wildman–Crippen MR) is 93.7 cm³/mol. The van der Waals surface area contributed by atoms with E-state index in [1.54, 1.807) is 4.68 Å². The lowest BCUT2D eigenvalue weighted by Gasteiger charge is -2.24. The van der Waals surface area contributed by atoms with Crippen LogP contribution in [0, 0.1) is 11.6 Å². The van der Waals surface area contributed by atoms with E-state index in [0.717, 1.165) is 23.4 Å². The summed E-state index contributed by atoms with van der Waals surface area (Å²) in [5.74, 6) is -0.453. The molecule has 1 aromatic heterocycles. The SMILES string of the molecule is CCOc1ccc([C@H]2C=C(c3ccc(F)c(F)c3)Nc3ncnn32)cc1. The maximum absolute atomic E-state index is 13.6. The van der Waals surface area contributed by atoms with Gasteiger partial charge >= 0.3 is 0 Å². The smallest absolute Gasteiger partial charge is 0.226 e. The fraction of sp³-hybridized carbons (Fsp3) is 0.158. The molecular formula is C19H16F2N4O. The number of hydrogen-bond donors (Lipinski definition) is 1. The van der Waals surface area contributed by atoms with Gasteiger partial charge in [-0.05, 0) is 48.9 Å². The number of ether oxygens (including phenoxy) is 1. The molecule has 0 aliphatic carbocycles. The van der Waals surface area contributed by atoms with Crippen LogP contribution in [0.3, 0.4) is 0 Å². The molecule has 26 heavy (non-hydrogen) atoms. The number of nitrogens with zero attached hydrogens (tertiary/aromatic N) is 3. The van der Waals surface area contributed by atoms with E-state index in [1.807, 2.05) is 37.3 Å². The number of halogens is 2. The Morgan fingerprint density at radius 2 is 1.92 bits per heavy atom. The molecule has 2 aromatic carbocycles. The van der Waals surface area contributed by atoms with Crippen LogP contribution < -0.4 is 10.1 Å². The first-order valence-corrected chi connectivity index (χ1v) is 8.22. The van der Waals surface area contributed by atoms with Crippen molar-refractivity contribution >= 4 is 11.6 Å². The Kier molecular flexibility index (Phi) is 4.12. The van der Waals surface area contributed by atoms with E-state index in [1.165, 1.54) is 12.4 Å². The van der Waals surface area contributed by atoms with Gasteiger partial charge in [0, 0.05) is 11.3 Å². The van der Waals surface area contributed by atoms with Crippen molar-refractivity contribution in [3.05, 3.63) is 77.6 Å². The van der Waals surface area contributed by atoms with Gasteiger partial charge in [0.15, 0.2) is 11.6 Å². The van der Waals surface area contributed by atoms with Gasteiger partial charge in [0.2, 0.25) is 5.95 Å².